The van der Waals surface area contributed by atoms with Crippen LogP contribution in [-0.2, 0) is 16.1 Å². The third-order valence-corrected chi connectivity index (χ3v) is 2.85. The average Bonchev–Trinajstić information content (AvgIpc) is 2.76. The van der Waals surface area contributed by atoms with E-state index in [0.717, 1.165) is 10.9 Å². The van der Waals surface area contributed by atoms with Gasteiger partial charge in [0.1, 0.15) is 12.2 Å². The van der Waals surface area contributed by atoms with Crippen LogP contribution < -0.4 is 0 Å². The van der Waals surface area contributed by atoms with Crippen molar-refractivity contribution in [2.24, 2.45) is 5.92 Å². The Hall–Kier alpha value is -2.17. The Kier molecular flexibility index (Phi) is 4.17. The molecule has 1 aromatic heterocycles. The van der Waals surface area contributed by atoms with Crippen LogP contribution >= 0.6 is 0 Å². The number of ketones is 1. The minimum absolute atomic E-state index is 0.0144. The van der Waals surface area contributed by atoms with Gasteiger partial charge >= 0.3 is 5.97 Å². The van der Waals surface area contributed by atoms with E-state index in [1.807, 2.05) is 38.1 Å². The average molecular weight is 274 g/mol. The van der Waals surface area contributed by atoms with Gasteiger partial charge in [-0.15, -0.1) is 0 Å². The SMILES string of the molecule is CC(=O)c1nn(CC(=O)OCC(C)C)c2ccccc12. The molecule has 0 unspecified atom stereocenters. The molecule has 0 atom stereocenters. The Labute approximate surface area is 117 Å². The highest BCUT2D eigenvalue weighted by atomic mass is 16.5. The maximum atomic E-state index is 11.8. The summed E-state index contributed by atoms with van der Waals surface area (Å²) in [5.74, 6) is -0.168. The smallest absolute Gasteiger partial charge is 0.327 e. The number of carbonyl (C=O) groups excluding carboxylic acids is 2. The molecule has 0 aliphatic rings. The summed E-state index contributed by atoms with van der Waals surface area (Å²) in [6.45, 7) is 5.82. The number of ether oxygens (including phenoxy) is 1. The van der Waals surface area contributed by atoms with E-state index in [1.54, 1.807) is 0 Å². The third kappa shape index (κ3) is 3.04. The van der Waals surface area contributed by atoms with Crippen LogP contribution in [0.1, 0.15) is 31.3 Å². The topological polar surface area (TPSA) is 61.2 Å². The van der Waals surface area contributed by atoms with Crippen molar-refractivity contribution < 1.29 is 14.3 Å². The Balaban J connectivity index is 2.26. The monoisotopic (exact) mass is 274 g/mol. The van der Waals surface area contributed by atoms with Crippen molar-refractivity contribution in [2.75, 3.05) is 6.61 Å². The van der Waals surface area contributed by atoms with Crippen molar-refractivity contribution in [2.45, 2.75) is 27.3 Å². The molecule has 0 radical (unpaired) electrons. The molecule has 106 valence electrons. The molecule has 2 rings (SSSR count). The summed E-state index contributed by atoms with van der Waals surface area (Å²) in [5, 5.41) is 4.98. The standard InChI is InChI=1S/C15H18N2O3/c1-10(2)9-20-14(19)8-17-13-7-5-4-6-12(13)15(16-17)11(3)18/h4-7,10H,8-9H2,1-3H3. The molecule has 0 amide bonds. The molecule has 0 aliphatic heterocycles. The number of aromatic nitrogens is 2. The highest BCUT2D eigenvalue weighted by Crippen LogP contribution is 2.18. The van der Waals surface area contributed by atoms with Crippen LogP contribution in [0.4, 0.5) is 0 Å². The Morgan fingerprint density at radius 3 is 2.65 bits per heavy atom. The summed E-state index contributed by atoms with van der Waals surface area (Å²) in [4.78, 5) is 23.4. The molecule has 0 fully saturated rings. The highest BCUT2D eigenvalue weighted by Gasteiger charge is 2.15. The van der Waals surface area contributed by atoms with Gasteiger partial charge in [0.15, 0.2) is 5.78 Å². The fourth-order valence-electron chi connectivity index (χ4n) is 1.94. The Morgan fingerprint density at radius 1 is 1.30 bits per heavy atom. The first-order valence-electron chi connectivity index (χ1n) is 6.61. The number of rotatable bonds is 5. The molecule has 0 N–H and O–H groups in total. The van der Waals surface area contributed by atoms with Crippen LogP contribution in [0.3, 0.4) is 0 Å². The number of hydrogen-bond donors (Lipinski definition) is 0. The van der Waals surface area contributed by atoms with Crippen molar-refractivity contribution in [1.82, 2.24) is 9.78 Å². The molecule has 0 saturated heterocycles. The van der Waals surface area contributed by atoms with Gasteiger partial charge in [-0.25, -0.2) is 0 Å². The van der Waals surface area contributed by atoms with Crippen LogP contribution in [0.5, 0.6) is 0 Å². The second-order valence-electron chi connectivity index (χ2n) is 5.16. The van der Waals surface area contributed by atoms with Crippen LogP contribution in [-0.4, -0.2) is 28.1 Å². The molecule has 0 aliphatic carbocycles. The van der Waals surface area contributed by atoms with Crippen molar-refractivity contribution in [1.29, 1.82) is 0 Å². The zero-order valence-electron chi connectivity index (χ0n) is 11.9. The third-order valence-electron chi connectivity index (χ3n) is 2.85. The molecule has 1 aromatic carbocycles. The summed E-state index contributed by atoms with van der Waals surface area (Å²) in [6, 6.07) is 7.36. The zero-order chi connectivity index (χ0) is 14.7. The molecular weight excluding hydrogens is 256 g/mol. The fourth-order valence-corrected chi connectivity index (χ4v) is 1.94. The van der Waals surface area contributed by atoms with E-state index in [0.29, 0.717) is 18.2 Å². The van der Waals surface area contributed by atoms with Crippen molar-refractivity contribution in [3.05, 3.63) is 30.0 Å². The zero-order valence-corrected chi connectivity index (χ0v) is 11.9. The first-order valence-corrected chi connectivity index (χ1v) is 6.61. The molecule has 0 saturated carbocycles. The quantitative estimate of drug-likeness (QED) is 0.620. The molecule has 1 heterocycles. The number of fused-ring (bicyclic) bond motifs is 1. The molecule has 5 nitrogen and oxygen atoms in total. The Morgan fingerprint density at radius 2 is 2.00 bits per heavy atom. The van der Waals surface area contributed by atoms with Crippen LogP contribution in [0.25, 0.3) is 10.9 Å². The van der Waals surface area contributed by atoms with E-state index in [1.165, 1.54) is 11.6 Å². The number of nitrogens with zero attached hydrogens (tertiary/aromatic N) is 2. The van der Waals surface area contributed by atoms with E-state index >= 15 is 0 Å². The first kappa shape index (κ1) is 14.2. The second-order valence-corrected chi connectivity index (χ2v) is 5.16. The summed E-state index contributed by atoms with van der Waals surface area (Å²) >= 11 is 0. The normalized spacial score (nSPS) is 11.0. The van der Waals surface area contributed by atoms with Gasteiger partial charge < -0.3 is 4.74 Å². The molecule has 20 heavy (non-hydrogen) atoms. The lowest BCUT2D eigenvalue weighted by atomic mass is 10.2. The van der Waals surface area contributed by atoms with Gasteiger partial charge in [-0.2, -0.15) is 5.10 Å². The van der Waals surface area contributed by atoms with Crippen LogP contribution in [0, 0.1) is 5.92 Å². The van der Waals surface area contributed by atoms with E-state index in [-0.39, 0.29) is 18.3 Å². The maximum Gasteiger partial charge on any atom is 0.327 e. The van der Waals surface area contributed by atoms with Gasteiger partial charge in [0.2, 0.25) is 0 Å². The predicted molar refractivity (Wildman–Crippen MR) is 75.5 cm³/mol. The number of Topliss-reactive ketones (excluding diaryl/α,β-unsaturated/α-hetero) is 1. The molecule has 2 aromatic rings. The lowest BCUT2D eigenvalue weighted by molar-refractivity contribution is -0.145. The lowest BCUT2D eigenvalue weighted by Crippen LogP contribution is -2.17. The predicted octanol–water partition coefficient (Wildman–Crippen LogP) is 2.44. The molecule has 5 heteroatoms. The first-order chi connectivity index (χ1) is 9.49. The minimum atomic E-state index is -0.345. The number of hydrogen-bond acceptors (Lipinski definition) is 4. The summed E-state index contributed by atoms with van der Waals surface area (Å²) in [6.07, 6.45) is 0. The molecule has 0 spiro atoms. The summed E-state index contributed by atoms with van der Waals surface area (Å²) < 4.78 is 6.66. The minimum Gasteiger partial charge on any atom is -0.464 e. The van der Waals surface area contributed by atoms with Crippen LogP contribution in [0.2, 0.25) is 0 Å². The number of benzene rings is 1. The number of para-hydroxylation sites is 1. The van der Waals surface area contributed by atoms with Gasteiger partial charge in [-0.1, -0.05) is 32.0 Å². The highest BCUT2D eigenvalue weighted by molar-refractivity contribution is 6.04. The fraction of sp³-hybridized carbons (Fsp3) is 0.400. The number of carbonyl (C=O) groups is 2. The molecule has 0 bridgehead atoms. The van der Waals surface area contributed by atoms with Gasteiger partial charge in [0, 0.05) is 12.3 Å². The maximum absolute atomic E-state index is 11.8. The number of esters is 1. The van der Waals surface area contributed by atoms with Crippen molar-refractivity contribution in [3.8, 4) is 0 Å². The summed E-state index contributed by atoms with van der Waals surface area (Å²) in [5.41, 5.74) is 1.15. The van der Waals surface area contributed by atoms with E-state index in [2.05, 4.69) is 5.10 Å². The van der Waals surface area contributed by atoms with E-state index in [4.69, 9.17) is 4.74 Å². The van der Waals surface area contributed by atoms with Crippen molar-refractivity contribution in [3.63, 3.8) is 0 Å². The largest absolute Gasteiger partial charge is 0.464 e. The van der Waals surface area contributed by atoms with Gasteiger partial charge in [-0.3, -0.25) is 14.3 Å². The van der Waals surface area contributed by atoms with E-state index < -0.39 is 0 Å². The second kappa shape index (κ2) is 5.86. The molecular formula is C15H18N2O3. The van der Waals surface area contributed by atoms with Gasteiger partial charge in [-0.05, 0) is 12.0 Å². The summed E-state index contributed by atoms with van der Waals surface area (Å²) in [7, 11) is 0. The van der Waals surface area contributed by atoms with Crippen LogP contribution in [0.15, 0.2) is 24.3 Å². The van der Waals surface area contributed by atoms with Crippen molar-refractivity contribution >= 4 is 22.7 Å². The van der Waals surface area contributed by atoms with Gasteiger partial charge in [0.05, 0.1) is 12.1 Å². The van der Waals surface area contributed by atoms with E-state index in [9.17, 15) is 9.59 Å². The lowest BCUT2D eigenvalue weighted by Gasteiger charge is -2.07. The Bertz CT molecular complexity index is 644. The van der Waals surface area contributed by atoms with Gasteiger partial charge in [0.25, 0.3) is 0 Å².